The number of aromatic nitrogens is 1. The van der Waals surface area contributed by atoms with Crippen molar-refractivity contribution in [2.75, 3.05) is 6.54 Å². The van der Waals surface area contributed by atoms with Crippen LogP contribution in [0.3, 0.4) is 0 Å². The summed E-state index contributed by atoms with van der Waals surface area (Å²) >= 11 is 12.4. The molecule has 2 rings (SSSR count). The lowest BCUT2D eigenvalue weighted by atomic mass is 9.91. The Balaban J connectivity index is 2.33. The Kier molecular flexibility index (Phi) is 6.04. The van der Waals surface area contributed by atoms with Crippen LogP contribution >= 0.6 is 23.2 Å². The fraction of sp³-hybridized carbons (Fsp3) is 0.353. The summed E-state index contributed by atoms with van der Waals surface area (Å²) in [6.07, 6.45) is 2.89. The van der Waals surface area contributed by atoms with Crippen molar-refractivity contribution in [1.82, 2.24) is 10.3 Å². The number of benzene rings is 1. The van der Waals surface area contributed by atoms with Gasteiger partial charge in [0, 0.05) is 33.9 Å². The van der Waals surface area contributed by atoms with Crippen molar-refractivity contribution in [2.24, 2.45) is 0 Å². The molecule has 0 aliphatic rings. The zero-order valence-electron chi connectivity index (χ0n) is 12.3. The first kappa shape index (κ1) is 16.3. The molecule has 1 aromatic heterocycles. The monoisotopic (exact) mass is 322 g/mol. The van der Waals surface area contributed by atoms with E-state index in [0.29, 0.717) is 10.0 Å². The average molecular weight is 323 g/mol. The van der Waals surface area contributed by atoms with Crippen molar-refractivity contribution >= 4 is 23.2 Å². The third kappa shape index (κ3) is 4.19. The molecule has 2 unspecified atom stereocenters. The number of pyridine rings is 1. The fourth-order valence-corrected chi connectivity index (χ4v) is 2.95. The maximum Gasteiger partial charge on any atom is 0.0468 e. The van der Waals surface area contributed by atoms with Crippen LogP contribution in [0.25, 0.3) is 0 Å². The molecule has 0 radical (unpaired) electrons. The van der Waals surface area contributed by atoms with Crippen LogP contribution in [0.15, 0.2) is 42.6 Å². The minimum Gasteiger partial charge on any atom is -0.309 e. The van der Waals surface area contributed by atoms with Gasteiger partial charge in [0.05, 0.1) is 0 Å². The lowest BCUT2D eigenvalue weighted by Gasteiger charge is -2.26. The maximum atomic E-state index is 6.39. The number of halogens is 2. The van der Waals surface area contributed by atoms with Crippen LogP contribution < -0.4 is 5.32 Å². The van der Waals surface area contributed by atoms with Crippen molar-refractivity contribution in [1.29, 1.82) is 0 Å². The van der Waals surface area contributed by atoms with E-state index >= 15 is 0 Å². The standard InChI is InChI=1S/C17H20Cl2N2/c1-3-9-21-17(12(2)16-6-4-5-10-20-16)14-8-7-13(18)11-15(14)19/h4-8,10-12,17,21H,3,9H2,1-2H3. The second kappa shape index (κ2) is 7.79. The predicted molar refractivity (Wildman–Crippen MR) is 90.1 cm³/mol. The lowest BCUT2D eigenvalue weighted by Crippen LogP contribution is -2.27. The molecule has 1 heterocycles. The number of nitrogens with one attached hydrogen (secondary N) is 1. The summed E-state index contributed by atoms with van der Waals surface area (Å²) in [5, 5.41) is 4.93. The van der Waals surface area contributed by atoms with Gasteiger partial charge in [0.25, 0.3) is 0 Å². The molecule has 0 aliphatic carbocycles. The highest BCUT2D eigenvalue weighted by Gasteiger charge is 2.23. The van der Waals surface area contributed by atoms with Crippen molar-refractivity contribution in [3.63, 3.8) is 0 Å². The summed E-state index contributed by atoms with van der Waals surface area (Å²) in [7, 11) is 0. The third-order valence-electron chi connectivity index (χ3n) is 3.57. The van der Waals surface area contributed by atoms with Gasteiger partial charge < -0.3 is 5.32 Å². The summed E-state index contributed by atoms with van der Waals surface area (Å²) in [5.74, 6) is 0.219. The molecule has 0 saturated heterocycles. The zero-order valence-corrected chi connectivity index (χ0v) is 13.8. The molecule has 0 aliphatic heterocycles. The molecule has 112 valence electrons. The first-order valence-corrected chi connectivity index (χ1v) is 7.98. The summed E-state index contributed by atoms with van der Waals surface area (Å²) in [6, 6.07) is 11.8. The highest BCUT2D eigenvalue weighted by atomic mass is 35.5. The van der Waals surface area contributed by atoms with E-state index in [-0.39, 0.29) is 12.0 Å². The Labute approximate surface area is 136 Å². The Morgan fingerprint density at radius 3 is 2.62 bits per heavy atom. The van der Waals surface area contributed by atoms with Gasteiger partial charge in [0.2, 0.25) is 0 Å². The molecule has 0 amide bonds. The van der Waals surface area contributed by atoms with Crippen LogP contribution in [-0.2, 0) is 0 Å². The van der Waals surface area contributed by atoms with Crippen LogP contribution in [0.1, 0.15) is 43.5 Å². The van der Waals surface area contributed by atoms with Gasteiger partial charge in [-0.3, -0.25) is 4.98 Å². The van der Waals surface area contributed by atoms with Gasteiger partial charge in [-0.15, -0.1) is 0 Å². The van der Waals surface area contributed by atoms with E-state index in [0.717, 1.165) is 24.2 Å². The molecule has 2 nitrogen and oxygen atoms in total. The quantitative estimate of drug-likeness (QED) is 0.787. The number of nitrogens with zero attached hydrogens (tertiary/aromatic N) is 1. The fourth-order valence-electron chi connectivity index (χ4n) is 2.43. The van der Waals surface area contributed by atoms with Gasteiger partial charge in [-0.25, -0.2) is 0 Å². The van der Waals surface area contributed by atoms with Gasteiger partial charge in [-0.05, 0) is 42.8 Å². The van der Waals surface area contributed by atoms with E-state index in [1.165, 1.54) is 0 Å². The Morgan fingerprint density at radius 2 is 2.00 bits per heavy atom. The Bertz CT molecular complexity index is 572. The van der Waals surface area contributed by atoms with Gasteiger partial charge in [0.1, 0.15) is 0 Å². The molecule has 1 aromatic carbocycles. The SMILES string of the molecule is CCCNC(c1ccc(Cl)cc1Cl)C(C)c1ccccn1. The van der Waals surface area contributed by atoms with E-state index in [1.807, 2.05) is 30.5 Å². The molecule has 21 heavy (non-hydrogen) atoms. The molecule has 0 fully saturated rings. The van der Waals surface area contributed by atoms with Gasteiger partial charge in [0.15, 0.2) is 0 Å². The molecule has 1 N–H and O–H groups in total. The molecule has 4 heteroatoms. The van der Waals surface area contributed by atoms with Crippen molar-refractivity contribution in [3.05, 3.63) is 63.9 Å². The van der Waals surface area contributed by atoms with Crippen LogP contribution in [0.2, 0.25) is 10.0 Å². The molecule has 0 spiro atoms. The molecular weight excluding hydrogens is 303 g/mol. The maximum absolute atomic E-state index is 6.39. The van der Waals surface area contributed by atoms with Gasteiger partial charge in [-0.1, -0.05) is 49.2 Å². The number of hydrogen-bond donors (Lipinski definition) is 1. The summed E-state index contributed by atoms with van der Waals surface area (Å²) in [6.45, 7) is 5.25. The zero-order chi connectivity index (χ0) is 15.2. The van der Waals surface area contributed by atoms with E-state index in [9.17, 15) is 0 Å². The van der Waals surface area contributed by atoms with Crippen molar-refractivity contribution in [2.45, 2.75) is 32.2 Å². The summed E-state index contributed by atoms with van der Waals surface area (Å²) in [5.41, 5.74) is 2.12. The predicted octanol–water partition coefficient (Wildman–Crippen LogP) is 5.23. The van der Waals surface area contributed by atoms with E-state index in [1.54, 1.807) is 6.07 Å². The second-order valence-corrected chi connectivity index (χ2v) is 5.98. The van der Waals surface area contributed by atoms with E-state index in [2.05, 4.69) is 30.2 Å². The van der Waals surface area contributed by atoms with Crippen LogP contribution in [0.4, 0.5) is 0 Å². The van der Waals surface area contributed by atoms with Gasteiger partial charge in [-0.2, -0.15) is 0 Å². The van der Waals surface area contributed by atoms with E-state index < -0.39 is 0 Å². The minimum absolute atomic E-state index is 0.115. The van der Waals surface area contributed by atoms with Gasteiger partial charge >= 0.3 is 0 Å². The first-order chi connectivity index (χ1) is 10.1. The Morgan fingerprint density at radius 1 is 1.19 bits per heavy atom. The molecule has 2 atom stereocenters. The largest absolute Gasteiger partial charge is 0.309 e. The van der Waals surface area contributed by atoms with Crippen molar-refractivity contribution in [3.8, 4) is 0 Å². The number of hydrogen-bond acceptors (Lipinski definition) is 2. The van der Waals surface area contributed by atoms with Crippen molar-refractivity contribution < 1.29 is 0 Å². The summed E-state index contributed by atoms with van der Waals surface area (Å²) < 4.78 is 0. The lowest BCUT2D eigenvalue weighted by molar-refractivity contribution is 0.460. The smallest absolute Gasteiger partial charge is 0.0468 e. The molecule has 0 bridgehead atoms. The van der Waals surface area contributed by atoms with Crippen LogP contribution in [0, 0.1) is 0 Å². The summed E-state index contributed by atoms with van der Waals surface area (Å²) in [4.78, 5) is 4.47. The Hall–Kier alpha value is -1.09. The second-order valence-electron chi connectivity index (χ2n) is 5.14. The van der Waals surface area contributed by atoms with Crippen LogP contribution in [0.5, 0.6) is 0 Å². The van der Waals surface area contributed by atoms with Crippen LogP contribution in [-0.4, -0.2) is 11.5 Å². The normalized spacial score (nSPS) is 13.9. The van der Waals surface area contributed by atoms with E-state index in [4.69, 9.17) is 23.2 Å². The minimum atomic E-state index is 0.115. The number of rotatable bonds is 6. The highest BCUT2D eigenvalue weighted by molar-refractivity contribution is 6.35. The molecule has 2 aromatic rings. The average Bonchev–Trinajstić information content (AvgIpc) is 2.50. The molecule has 0 saturated carbocycles. The first-order valence-electron chi connectivity index (χ1n) is 7.22. The molecular formula is C17H20Cl2N2. The topological polar surface area (TPSA) is 24.9 Å². The third-order valence-corrected chi connectivity index (χ3v) is 4.13. The highest BCUT2D eigenvalue weighted by Crippen LogP contribution is 2.34.